The molecule has 3 amide bonds. The quantitative estimate of drug-likeness (QED) is 0.283. The second-order valence-corrected chi connectivity index (χ2v) is 9.40. The van der Waals surface area contributed by atoms with Crippen LogP contribution in [0.2, 0.25) is 0 Å². The number of nitrogens with one attached hydrogen (secondary N) is 3. The van der Waals surface area contributed by atoms with Crippen LogP contribution in [0.15, 0.2) is 77.8 Å². The molecule has 11 heteroatoms. The average Bonchev–Trinajstić information content (AvgIpc) is 2.90. The normalized spacial score (nSPS) is 10.9. The van der Waals surface area contributed by atoms with Crippen LogP contribution in [0.3, 0.4) is 0 Å². The topological polar surface area (TPSA) is 155 Å². The Kier molecular flexibility index (Phi) is 9.25. The van der Waals surface area contributed by atoms with Crippen LogP contribution < -0.4 is 15.4 Å². The molecule has 0 unspecified atom stereocenters. The van der Waals surface area contributed by atoms with E-state index >= 15 is 0 Å². The first-order valence-electron chi connectivity index (χ1n) is 11.1. The minimum atomic E-state index is -4.21. The predicted molar refractivity (Wildman–Crippen MR) is 132 cm³/mol. The summed E-state index contributed by atoms with van der Waals surface area (Å²) < 4.78 is 27.1. The second kappa shape index (κ2) is 12.6. The van der Waals surface area contributed by atoms with Gasteiger partial charge in [0.15, 0.2) is 0 Å². The van der Waals surface area contributed by atoms with Gasteiger partial charge in [-0.25, -0.2) is 13.1 Å². The molecule has 0 atom stereocenters. The third kappa shape index (κ3) is 7.45. The number of hydrogen-bond acceptors (Lipinski definition) is 7. The molecule has 0 bridgehead atoms. The molecule has 0 saturated carbocycles. The Morgan fingerprint density at radius 2 is 1.44 bits per heavy atom. The first-order valence-corrected chi connectivity index (χ1v) is 12.6. The molecule has 1 heterocycles. The van der Waals surface area contributed by atoms with E-state index in [0.29, 0.717) is 12.1 Å². The first kappa shape index (κ1) is 26.5. The molecule has 0 aliphatic heterocycles. The number of aryl methyl sites for hydroxylation is 1. The van der Waals surface area contributed by atoms with Crippen LogP contribution >= 0.6 is 0 Å². The zero-order chi connectivity index (χ0) is 26.0. The number of aliphatic hydroxyl groups excluding tert-OH is 1. The van der Waals surface area contributed by atoms with Crippen molar-refractivity contribution >= 4 is 27.7 Å². The molecule has 3 rings (SSSR count). The summed E-state index contributed by atoms with van der Waals surface area (Å²) in [5.74, 6) is -1.79. The van der Waals surface area contributed by atoms with Gasteiger partial charge in [0.1, 0.15) is 5.69 Å². The molecule has 0 fully saturated rings. The molecule has 188 valence electrons. The third-order valence-electron chi connectivity index (χ3n) is 5.08. The Morgan fingerprint density at radius 1 is 0.778 bits per heavy atom. The van der Waals surface area contributed by atoms with Crippen molar-refractivity contribution in [2.45, 2.75) is 17.7 Å². The average molecular weight is 511 g/mol. The maximum atomic E-state index is 12.6. The van der Waals surface area contributed by atoms with Crippen LogP contribution in [0.5, 0.6) is 0 Å². The van der Waals surface area contributed by atoms with Crippen molar-refractivity contribution in [3.05, 3.63) is 95.3 Å². The van der Waals surface area contributed by atoms with Gasteiger partial charge in [0.05, 0.1) is 17.1 Å². The number of aliphatic hydroxyl groups is 1. The number of benzene rings is 2. The van der Waals surface area contributed by atoms with E-state index in [4.69, 9.17) is 5.11 Å². The molecule has 0 spiro atoms. The van der Waals surface area contributed by atoms with Crippen molar-refractivity contribution in [1.82, 2.24) is 20.3 Å². The summed E-state index contributed by atoms with van der Waals surface area (Å²) in [7, 11) is -4.21. The van der Waals surface area contributed by atoms with Crippen molar-refractivity contribution in [3.8, 4) is 0 Å². The maximum absolute atomic E-state index is 12.6. The molecule has 2 aromatic carbocycles. The van der Waals surface area contributed by atoms with Crippen molar-refractivity contribution in [2.24, 2.45) is 0 Å². The standard InChI is InChI=1S/C25H26N4O6S/c30-16-15-27-25(33)22-13-10-20(17-28-22)24(32)29-36(34,35)21-11-8-19(9-12-21)23(31)26-14-4-7-18-5-2-1-3-6-18/h1-3,5-6,8-13,17,30H,4,7,14-16H2,(H,26,31)(H,27,33)(H,29,32). The number of nitrogens with zero attached hydrogens (tertiary/aromatic N) is 1. The van der Waals surface area contributed by atoms with E-state index in [1.165, 1.54) is 42.0 Å². The summed E-state index contributed by atoms with van der Waals surface area (Å²) in [6.07, 6.45) is 2.66. The van der Waals surface area contributed by atoms with Crippen LogP contribution in [0.1, 0.15) is 43.2 Å². The van der Waals surface area contributed by atoms with E-state index in [0.717, 1.165) is 19.0 Å². The van der Waals surface area contributed by atoms with Crippen LogP contribution in [0.25, 0.3) is 0 Å². The highest BCUT2D eigenvalue weighted by molar-refractivity contribution is 7.90. The van der Waals surface area contributed by atoms with E-state index in [1.54, 1.807) is 0 Å². The Balaban J connectivity index is 1.53. The Bertz CT molecular complexity index is 1290. The third-order valence-corrected chi connectivity index (χ3v) is 6.43. The Morgan fingerprint density at radius 3 is 2.08 bits per heavy atom. The molecule has 0 saturated heterocycles. The molecular formula is C25H26N4O6S. The van der Waals surface area contributed by atoms with E-state index < -0.39 is 21.8 Å². The van der Waals surface area contributed by atoms with E-state index in [1.807, 2.05) is 35.1 Å². The molecule has 0 aliphatic carbocycles. The summed E-state index contributed by atoms with van der Waals surface area (Å²) in [6, 6.07) is 17.6. The van der Waals surface area contributed by atoms with Crippen molar-refractivity contribution in [1.29, 1.82) is 0 Å². The highest BCUT2D eigenvalue weighted by atomic mass is 32.2. The van der Waals surface area contributed by atoms with E-state index in [9.17, 15) is 22.8 Å². The zero-order valence-corrected chi connectivity index (χ0v) is 20.1. The predicted octanol–water partition coefficient (Wildman–Crippen LogP) is 1.28. The van der Waals surface area contributed by atoms with E-state index in [-0.39, 0.29) is 35.2 Å². The molecule has 0 radical (unpaired) electrons. The number of carbonyl (C=O) groups is 3. The van der Waals surface area contributed by atoms with Gasteiger partial charge in [-0.3, -0.25) is 19.4 Å². The SMILES string of the molecule is O=C(NCCCc1ccccc1)c1ccc(S(=O)(=O)NC(=O)c2ccc(C(=O)NCCO)nc2)cc1. The number of rotatable bonds is 11. The number of carbonyl (C=O) groups excluding carboxylic acids is 3. The Labute approximate surface area is 208 Å². The minimum absolute atomic E-state index is 0.0109. The lowest BCUT2D eigenvalue weighted by Crippen LogP contribution is -2.31. The summed E-state index contributed by atoms with van der Waals surface area (Å²) >= 11 is 0. The summed E-state index contributed by atoms with van der Waals surface area (Å²) in [4.78, 5) is 40.2. The van der Waals surface area contributed by atoms with Gasteiger partial charge in [-0.2, -0.15) is 0 Å². The zero-order valence-electron chi connectivity index (χ0n) is 19.3. The van der Waals surface area contributed by atoms with Gasteiger partial charge in [-0.15, -0.1) is 0 Å². The first-order chi connectivity index (χ1) is 17.3. The summed E-state index contributed by atoms with van der Waals surface area (Å²) in [5, 5.41) is 14.0. The van der Waals surface area contributed by atoms with Crippen LogP contribution in [-0.4, -0.2) is 55.9 Å². The molecule has 4 N–H and O–H groups in total. The molecule has 0 aliphatic rings. The maximum Gasteiger partial charge on any atom is 0.269 e. The summed E-state index contributed by atoms with van der Waals surface area (Å²) in [6.45, 7) is 0.292. The smallest absolute Gasteiger partial charge is 0.269 e. The van der Waals surface area contributed by atoms with Crippen LogP contribution in [0.4, 0.5) is 0 Å². The monoisotopic (exact) mass is 510 g/mol. The number of hydrogen-bond donors (Lipinski definition) is 4. The highest BCUT2D eigenvalue weighted by Crippen LogP contribution is 2.12. The fourth-order valence-corrected chi connectivity index (χ4v) is 4.16. The molecule has 10 nitrogen and oxygen atoms in total. The van der Waals surface area contributed by atoms with E-state index in [2.05, 4.69) is 15.6 Å². The fraction of sp³-hybridized carbons (Fsp3) is 0.200. The lowest BCUT2D eigenvalue weighted by molar-refractivity contribution is 0.0934. The Hall–Kier alpha value is -4.09. The summed E-state index contributed by atoms with van der Waals surface area (Å²) in [5.41, 5.74) is 1.42. The van der Waals surface area contributed by atoms with Gasteiger partial charge in [0.25, 0.3) is 27.7 Å². The number of pyridine rings is 1. The van der Waals surface area contributed by atoms with Gasteiger partial charge in [-0.05, 0) is 54.8 Å². The van der Waals surface area contributed by atoms with Crippen molar-refractivity contribution in [2.75, 3.05) is 19.7 Å². The molecular weight excluding hydrogens is 484 g/mol. The van der Waals surface area contributed by atoms with Gasteiger partial charge >= 0.3 is 0 Å². The van der Waals surface area contributed by atoms with Crippen LogP contribution in [-0.2, 0) is 16.4 Å². The molecule has 3 aromatic rings. The lowest BCUT2D eigenvalue weighted by Gasteiger charge is -2.09. The number of aromatic nitrogens is 1. The van der Waals surface area contributed by atoms with Gasteiger partial charge in [-0.1, -0.05) is 30.3 Å². The molecule has 36 heavy (non-hydrogen) atoms. The fourth-order valence-electron chi connectivity index (χ4n) is 3.19. The van der Waals surface area contributed by atoms with Crippen molar-refractivity contribution < 1.29 is 27.9 Å². The highest BCUT2D eigenvalue weighted by Gasteiger charge is 2.20. The molecule has 1 aromatic heterocycles. The van der Waals surface area contributed by atoms with Gasteiger partial charge in [0, 0.05) is 24.8 Å². The lowest BCUT2D eigenvalue weighted by atomic mass is 10.1. The minimum Gasteiger partial charge on any atom is -0.395 e. The largest absolute Gasteiger partial charge is 0.395 e. The second-order valence-electron chi connectivity index (χ2n) is 7.72. The number of sulfonamides is 1. The van der Waals surface area contributed by atoms with Gasteiger partial charge in [0.2, 0.25) is 0 Å². The van der Waals surface area contributed by atoms with Crippen molar-refractivity contribution in [3.63, 3.8) is 0 Å². The van der Waals surface area contributed by atoms with Gasteiger partial charge < -0.3 is 15.7 Å². The number of amides is 3. The van der Waals surface area contributed by atoms with Crippen LogP contribution in [0, 0.1) is 0 Å².